The molecule has 2 heterocycles. The van der Waals surface area contributed by atoms with Crippen LogP contribution in [0.25, 0.3) is 0 Å². The van der Waals surface area contributed by atoms with Crippen LogP contribution in [0.15, 0.2) is 41.2 Å². The lowest BCUT2D eigenvalue weighted by Gasteiger charge is -2.36. The lowest BCUT2D eigenvalue weighted by molar-refractivity contribution is 0.0738. The van der Waals surface area contributed by atoms with Crippen molar-refractivity contribution in [3.8, 4) is 0 Å². The van der Waals surface area contributed by atoms with Crippen molar-refractivity contribution in [1.29, 1.82) is 0 Å². The van der Waals surface area contributed by atoms with Gasteiger partial charge in [-0.15, -0.1) is 0 Å². The average molecular weight is 333 g/mol. The Kier molecular flexibility index (Phi) is 4.34. The zero-order chi connectivity index (χ0) is 16.4. The van der Waals surface area contributed by atoms with E-state index in [-0.39, 0.29) is 11.5 Å². The minimum Gasteiger partial charge on any atom is -0.368 e. The van der Waals surface area contributed by atoms with Gasteiger partial charge in [-0.1, -0.05) is 11.6 Å². The largest absolute Gasteiger partial charge is 0.368 e. The van der Waals surface area contributed by atoms with E-state index in [0.717, 1.165) is 18.8 Å². The van der Waals surface area contributed by atoms with E-state index in [2.05, 4.69) is 10.00 Å². The Labute approximate surface area is 138 Å². The fourth-order valence-corrected chi connectivity index (χ4v) is 2.72. The first-order chi connectivity index (χ1) is 11.0. The first-order valence-electron chi connectivity index (χ1n) is 7.39. The topological polar surface area (TPSA) is 58.4 Å². The highest BCUT2D eigenvalue weighted by atomic mass is 35.5. The molecule has 1 aromatic heterocycles. The van der Waals surface area contributed by atoms with Crippen molar-refractivity contribution in [2.75, 3.05) is 31.1 Å². The molecule has 2 aromatic rings. The molecule has 0 saturated carbocycles. The number of hydrogen-bond acceptors (Lipinski definition) is 4. The van der Waals surface area contributed by atoms with Gasteiger partial charge in [0.25, 0.3) is 11.5 Å². The summed E-state index contributed by atoms with van der Waals surface area (Å²) in [7, 11) is 1.54. The van der Waals surface area contributed by atoms with Crippen molar-refractivity contribution in [2.24, 2.45) is 7.05 Å². The van der Waals surface area contributed by atoms with Crippen LogP contribution in [0.1, 0.15) is 10.5 Å². The molecule has 1 saturated heterocycles. The predicted octanol–water partition coefficient (Wildman–Crippen LogP) is 1.40. The van der Waals surface area contributed by atoms with E-state index < -0.39 is 0 Å². The number of carbonyl (C=O) groups is 1. The van der Waals surface area contributed by atoms with Crippen LogP contribution in [-0.2, 0) is 7.05 Å². The summed E-state index contributed by atoms with van der Waals surface area (Å²) in [6, 6.07) is 10.5. The first-order valence-corrected chi connectivity index (χ1v) is 7.76. The Balaban J connectivity index is 1.66. The fourth-order valence-electron chi connectivity index (χ4n) is 2.60. The maximum absolute atomic E-state index is 12.5. The summed E-state index contributed by atoms with van der Waals surface area (Å²) in [4.78, 5) is 27.8. The van der Waals surface area contributed by atoms with Crippen LogP contribution in [0.3, 0.4) is 0 Å². The molecule has 0 atom stereocenters. The standard InChI is InChI=1S/C16H17ClN4O2/c1-19-15(22)7-6-14(18-19)16(23)21-10-8-20(9-11-21)13-4-2-12(17)3-5-13/h2-7H,8-11H2,1H3. The van der Waals surface area contributed by atoms with Crippen LogP contribution < -0.4 is 10.5 Å². The van der Waals surface area contributed by atoms with Crippen LogP contribution in [0.2, 0.25) is 5.02 Å². The molecular formula is C16H17ClN4O2. The molecule has 6 nitrogen and oxygen atoms in total. The van der Waals surface area contributed by atoms with Crippen molar-refractivity contribution < 1.29 is 4.79 Å². The zero-order valence-electron chi connectivity index (χ0n) is 12.8. The van der Waals surface area contributed by atoms with E-state index >= 15 is 0 Å². The van der Waals surface area contributed by atoms with Gasteiger partial charge in [0, 0.05) is 50.0 Å². The molecule has 1 fully saturated rings. The molecule has 0 aliphatic carbocycles. The van der Waals surface area contributed by atoms with Gasteiger partial charge in [-0.3, -0.25) is 9.59 Å². The van der Waals surface area contributed by atoms with Gasteiger partial charge in [0.15, 0.2) is 0 Å². The number of hydrogen-bond donors (Lipinski definition) is 0. The molecule has 1 aliphatic rings. The van der Waals surface area contributed by atoms with Gasteiger partial charge < -0.3 is 9.80 Å². The number of carbonyl (C=O) groups excluding carboxylic acids is 1. The summed E-state index contributed by atoms with van der Waals surface area (Å²) in [5.41, 5.74) is 1.17. The Bertz CT molecular complexity index is 764. The molecule has 0 radical (unpaired) electrons. The summed E-state index contributed by atoms with van der Waals surface area (Å²) in [5.74, 6) is -0.142. The maximum Gasteiger partial charge on any atom is 0.274 e. The Morgan fingerprint density at radius 3 is 2.30 bits per heavy atom. The molecule has 3 rings (SSSR count). The fraction of sp³-hybridized carbons (Fsp3) is 0.312. The van der Waals surface area contributed by atoms with Crippen LogP contribution in [0.4, 0.5) is 5.69 Å². The van der Waals surface area contributed by atoms with E-state index in [4.69, 9.17) is 11.6 Å². The van der Waals surface area contributed by atoms with Crippen LogP contribution >= 0.6 is 11.6 Å². The summed E-state index contributed by atoms with van der Waals surface area (Å²) < 4.78 is 1.18. The quantitative estimate of drug-likeness (QED) is 0.834. The third-order valence-corrected chi connectivity index (χ3v) is 4.19. The Hall–Kier alpha value is -2.34. The van der Waals surface area contributed by atoms with E-state index in [1.54, 1.807) is 4.90 Å². The zero-order valence-corrected chi connectivity index (χ0v) is 13.5. The number of amides is 1. The summed E-state index contributed by atoms with van der Waals surface area (Å²) in [5, 5.41) is 4.73. The molecule has 23 heavy (non-hydrogen) atoms. The second-order valence-electron chi connectivity index (χ2n) is 5.44. The molecule has 1 amide bonds. The number of anilines is 1. The monoisotopic (exact) mass is 332 g/mol. The number of rotatable bonds is 2. The molecule has 120 valence electrons. The third-order valence-electron chi connectivity index (χ3n) is 3.94. The molecule has 1 aliphatic heterocycles. The second-order valence-corrected chi connectivity index (χ2v) is 5.87. The van der Waals surface area contributed by atoms with Gasteiger partial charge in [0.05, 0.1) is 0 Å². The SMILES string of the molecule is Cn1nc(C(=O)N2CCN(c3ccc(Cl)cc3)CC2)ccc1=O. The summed E-state index contributed by atoms with van der Waals surface area (Å²) in [6.45, 7) is 2.73. The number of aromatic nitrogens is 2. The lowest BCUT2D eigenvalue weighted by Crippen LogP contribution is -2.49. The Morgan fingerprint density at radius 1 is 1.04 bits per heavy atom. The van der Waals surface area contributed by atoms with Crippen LogP contribution in [-0.4, -0.2) is 46.8 Å². The van der Waals surface area contributed by atoms with Gasteiger partial charge >= 0.3 is 0 Å². The summed E-state index contributed by atoms with van der Waals surface area (Å²) >= 11 is 5.90. The van der Waals surface area contributed by atoms with Gasteiger partial charge in [-0.2, -0.15) is 5.10 Å². The molecule has 1 aromatic carbocycles. The number of piperazine rings is 1. The number of benzene rings is 1. The van der Waals surface area contributed by atoms with Crippen molar-refractivity contribution in [2.45, 2.75) is 0 Å². The van der Waals surface area contributed by atoms with Gasteiger partial charge in [0.2, 0.25) is 0 Å². The maximum atomic E-state index is 12.5. The van der Waals surface area contributed by atoms with Crippen molar-refractivity contribution in [3.63, 3.8) is 0 Å². The minimum atomic E-state index is -0.228. The van der Waals surface area contributed by atoms with E-state index in [0.29, 0.717) is 23.8 Å². The predicted molar refractivity (Wildman–Crippen MR) is 89.0 cm³/mol. The molecular weight excluding hydrogens is 316 g/mol. The average Bonchev–Trinajstić information content (AvgIpc) is 2.57. The molecule has 0 unspecified atom stereocenters. The normalized spacial score (nSPS) is 14.9. The van der Waals surface area contributed by atoms with Crippen molar-refractivity contribution in [3.05, 3.63) is 57.5 Å². The smallest absolute Gasteiger partial charge is 0.274 e. The van der Waals surface area contributed by atoms with Crippen LogP contribution in [0.5, 0.6) is 0 Å². The Morgan fingerprint density at radius 2 is 1.70 bits per heavy atom. The number of aryl methyl sites for hydroxylation is 1. The highest BCUT2D eigenvalue weighted by Crippen LogP contribution is 2.19. The van der Waals surface area contributed by atoms with Crippen molar-refractivity contribution >= 4 is 23.2 Å². The molecule has 0 N–H and O–H groups in total. The highest BCUT2D eigenvalue weighted by molar-refractivity contribution is 6.30. The van der Waals surface area contributed by atoms with Gasteiger partial charge in [-0.25, -0.2) is 4.68 Å². The highest BCUT2D eigenvalue weighted by Gasteiger charge is 2.23. The number of halogens is 1. The molecule has 7 heteroatoms. The van der Waals surface area contributed by atoms with Gasteiger partial charge in [-0.05, 0) is 30.3 Å². The molecule has 0 bridgehead atoms. The van der Waals surface area contributed by atoms with Gasteiger partial charge in [0.1, 0.15) is 5.69 Å². The van der Waals surface area contributed by atoms with Crippen molar-refractivity contribution in [1.82, 2.24) is 14.7 Å². The summed E-state index contributed by atoms with van der Waals surface area (Å²) in [6.07, 6.45) is 0. The van der Waals surface area contributed by atoms with Crippen LogP contribution in [0, 0.1) is 0 Å². The third kappa shape index (κ3) is 3.37. The van der Waals surface area contributed by atoms with E-state index in [1.807, 2.05) is 24.3 Å². The van der Waals surface area contributed by atoms with E-state index in [9.17, 15) is 9.59 Å². The first kappa shape index (κ1) is 15.6. The molecule has 0 spiro atoms. The minimum absolute atomic E-state index is 0.142. The second kappa shape index (κ2) is 6.42. The van der Waals surface area contributed by atoms with E-state index in [1.165, 1.54) is 23.9 Å². The lowest BCUT2D eigenvalue weighted by atomic mass is 10.2. The number of nitrogens with zero attached hydrogens (tertiary/aromatic N) is 4.